The highest BCUT2D eigenvalue weighted by Crippen LogP contribution is 2.51. The maximum absolute atomic E-state index is 14.4. The normalized spacial score (nSPS) is 25.9. The fourth-order valence-corrected chi connectivity index (χ4v) is 6.00. The fraction of sp³-hybridized carbons (Fsp3) is 0.458. The number of sulfonamides is 1. The number of hydrogen-bond acceptors (Lipinski definition) is 3. The predicted octanol–water partition coefficient (Wildman–Crippen LogP) is 4.06. The Morgan fingerprint density at radius 1 is 1.06 bits per heavy atom. The summed E-state index contributed by atoms with van der Waals surface area (Å²) in [5.74, 6) is -1.51. The van der Waals surface area contributed by atoms with Crippen LogP contribution in [0.2, 0.25) is 0 Å². The van der Waals surface area contributed by atoms with Gasteiger partial charge in [-0.1, -0.05) is 30.3 Å². The molecule has 2 aliphatic rings. The highest BCUT2D eigenvalue weighted by molar-refractivity contribution is 7.88. The molecule has 32 heavy (non-hydrogen) atoms. The lowest BCUT2D eigenvalue weighted by Gasteiger charge is -2.28. The third-order valence-electron chi connectivity index (χ3n) is 6.53. The van der Waals surface area contributed by atoms with E-state index in [0.717, 1.165) is 11.8 Å². The maximum atomic E-state index is 14.4. The van der Waals surface area contributed by atoms with E-state index >= 15 is 0 Å². The molecule has 1 aliphatic carbocycles. The van der Waals surface area contributed by atoms with Crippen molar-refractivity contribution in [2.45, 2.75) is 44.1 Å². The third-order valence-corrected chi connectivity index (χ3v) is 7.40. The Morgan fingerprint density at radius 3 is 2.44 bits per heavy atom. The van der Waals surface area contributed by atoms with Gasteiger partial charge in [-0.2, -0.15) is 0 Å². The molecular weight excluding hydrogens is 434 g/mol. The van der Waals surface area contributed by atoms with Crippen molar-refractivity contribution in [2.75, 3.05) is 19.3 Å². The molecule has 0 aromatic heterocycles. The van der Waals surface area contributed by atoms with Gasteiger partial charge in [0.1, 0.15) is 11.6 Å². The maximum Gasteiger partial charge on any atom is 0.226 e. The van der Waals surface area contributed by atoms with Gasteiger partial charge in [-0.15, -0.1) is 0 Å². The average molecular weight is 463 g/mol. The summed E-state index contributed by atoms with van der Waals surface area (Å²) < 4.78 is 55.0. The third kappa shape index (κ3) is 4.86. The lowest BCUT2D eigenvalue weighted by molar-refractivity contribution is -0.132. The van der Waals surface area contributed by atoms with E-state index in [0.29, 0.717) is 44.3 Å². The number of likely N-dealkylation sites (tertiary alicyclic amines) is 1. The second-order valence-electron chi connectivity index (χ2n) is 9.25. The van der Waals surface area contributed by atoms with Crippen molar-refractivity contribution < 1.29 is 22.0 Å². The first-order valence-electron chi connectivity index (χ1n) is 10.9. The second-order valence-corrected chi connectivity index (χ2v) is 11.0. The predicted molar refractivity (Wildman–Crippen MR) is 119 cm³/mol. The van der Waals surface area contributed by atoms with Crippen LogP contribution >= 0.6 is 0 Å². The van der Waals surface area contributed by atoms with Crippen LogP contribution in [-0.2, 0) is 14.8 Å². The number of hydrogen-bond donors (Lipinski definition) is 1. The molecule has 5 nitrogen and oxygen atoms in total. The molecule has 8 heteroatoms. The van der Waals surface area contributed by atoms with Crippen LogP contribution in [0.3, 0.4) is 0 Å². The molecule has 0 radical (unpaired) electrons. The topological polar surface area (TPSA) is 66.5 Å². The molecule has 1 heterocycles. The quantitative estimate of drug-likeness (QED) is 0.729. The first kappa shape index (κ1) is 22.9. The molecule has 2 aromatic carbocycles. The Balaban J connectivity index is 1.50. The number of amides is 1. The summed E-state index contributed by atoms with van der Waals surface area (Å²) in [4.78, 5) is 15.0. The zero-order valence-corrected chi connectivity index (χ0v) is 19.1. The molecule has 0 spiro atoms. The van der Waals surface area contributed by atoms with Gasteiger partial charge >= 0.3 is 0 Å². The second kappa shape index (κ2) is 8.56. The van der Waals surface area contributed by atoms with Crippen LogP contribution in [0.25, 0.3) is 11.1 Å². The molecule has 2 aromatic rings. The van der Waals surface area contributed by atoms with Crippen molar-refractivity contribution in [1.29, 1.82) is 0 Å². The Hall–Kier alpha value is -2.32. The molecule has 1 saturated heterocycles. The van der Waals surface area contributed by atoms with Crippen molar-refractivity contribution in [3.8, 4) is 11.1 Å². The van der Waals surface area contributed by atoms with Gasteiger partial charge in [0.2, 0.25) is 15.9 Å². The van der Waals surface area contributed by atoms with Crippen LogP contribution in [0, 0.1) is 17.6 Å². The summed E-state index contributed by atoms with van der Waals surface area (Å²) in [6.07, 6.45) is 3.70. The summed E-state index contributed by atoms with van der Waals surface area (Å²) >= 11 is 0. The summed E-state index contributed by atoms with van der Waals surface area (Å²) in [5.41, 5.74) is 0.650. The molecule has 4 rings (SSSR count). The van der Waals surface area contributed by atoms with Crippen molar-refractivity contribution >= 4 is 15.9 Å². The summed E-state index contributed by atoms with van der Waals surface area (Å²) in [7, 11) is -3.34. The summed E-state index contributed by atoms with van der Waals surface area (Å²) in [5, 5.41) is 0. The molecule has 1 amide bonds. The first-order chi connectivity index (χ1) is 15.1. The minimum atomic E-state index is -3.34. The molecule has 1 aliphatic heterocycles. The van der Waals surface area contributed by atoms with E-state index < -0.39 is 27.2 Å². The summed E-state index contributed by atoms with van der Waals surface area (Å²) in [6, 6.07) is 10.9. The lowest BCUT2D eigenvalue weighted by Crippen LogP contribution is -2.46. The molecule has 1 saturated carbocycles. The van der Waals surface area contributed by atoms with Crippen LogP contribution in [0.1, 0.15) is 44.1 Å². The first-order valence-corrected chi connectivity index (χ1v) is 12.8. The SMILES string of the molecule is C[C@]1(NS(C)(=O)=O)CCCN(C(=O)[C@@H]2C[C@H]2c2ccccc2-c2c(F)cccc2F)CC1. The van der Waals surface area contributed by atoms with Crippen LogP contribution in [-0.4, -0.2) is 44.1 Å². The van der Waals surface area contributed by atoms with Gasteiger partial charge in [-0.25, -0.2) is 21.9 Å². The standard InChI is InChI=1S/C24H28F2N2O3S/c1-24(27-32(2,30)31)11-6-13-28(14-12-24)23(29)19-15-18(19)16-7-3-4-8-17(16)22-20(25)9-5-10-21(22)26/h3-5,7-10,18-19,27H,6,11-15H2,1-2H3/t18-,19+,24-/m0/s1. The fourth-order valence-electron chi connectivity index (χ4n) is 4.90. The van der Waals surface area contributed by atoms with Crippen molar-refractivity contribution in [3.63, 3.8) is 0 Å². The van der Waals surface area contributed by atoms with E-state index in [2.05, 4.69) is 4.72 Å². The van der Waals surface area contributed by atoms with Crippen LogP contribution in [0.15, 0.2) is 42.5 Å². The zero-order chi connectivity index (χ0) is 23.1. The number of carbonyl (C=O) groups excluding carboxylic acids is 1. The highest BCUT2D eigenvalue weighted by atomic mass is 32.2. The number of halogens is 2. The van der Waals surface area contributed by atoms with E-state index in [1.54, 1.807) is 12.1 Å². The van der Waals surface area contributed by atoms with Gasteiger partial charge in [0.25, 0.3) is 0 Å². The minimum absolute atomic E-state index is 0.0300. The number of rotatable bonds is 5. The van der Waals surface area contributed by atoms with Crippen LogP contribution in [0.5, 0.6) is 0 Å². The van der Waals surface area contributed by atoms with Gasteiger partial charge in [0.15, 0.2) is 0 Å². The van der Waals surface area contributed by atoms with E-state index in [9.17, 15) is 22.0 Å². The molecule has 3 atom stereocenters. The monoisotopic (exact) mass is 462 g/mol. The Bertz CT molecular complexity index is 1120. The molecule has 172 valence electrons. The molecule has 0 unspecified atom stereocenters. The largest absolute Gasteiger partial charge is 0.342 e. The smallest absolute Gasteiger partial charge is 0.226 e. The van der Waals surface area contributed by atoms with Crippen LogP contribution < -0.4 is 4.72 Å². The highest BCUT2D eigenvalue weighted by Gasteiger charge is 2.47. The molecular formula is C24H28F2N2O3S. The molecule has 1 N–H and O–H groups in total. The van der Waals surface area contributed by atoms with Crippen molar-refractivity contribution in [3.05, 3.63) is 59.7 Å². The van der Waals surface area contributed by atoms with Crippen LogP contribution in [0.4, 0.5) is 8.78 Å². The molecule has 2 fully saturated rings. The number of nitrogens with one attached hydrogen (secondary N) is 1. The number of carbonyl (C=O) groups is 1. The van der Waals surface area contributed by atoms with E-state index in [4.69, 9.17) is 0 Å². The zero-order valence-electron chi connectivity index (χ0n) is 18.3. The van der Waals surface area contributed by atoms with Gasteiger partial charge in [-0.3, -0.25) is 4.79 Å². The lowest BCUT2D eigenvalue weighted by atomic mass is 9.94. The Morgan fingerprint density at radius 2 is 1.75 bits per heavy atom. The van der Waals surface area contributed by atoms with Crippen molar-refractivity contribution in [1.82, 2.24) is 9.62 Å². The average Bonchev–Trinajstić information content (AvgIpc) is 3.51. The van der Waals surface area contributed by atoms with E-state index in [1.165, 1.54) is 18.2 Å². The number of benzene rings is 2. The van der Waals surface area contributed by atoms with Gasteiger partial charge < -0.3 is 4.90 Å². The van der Waals surface area contributed by atoms with Gasteiger partial charge in [0.05, 0.1) is 11.8 Å². The van der Waals surface area contributed by atoms with E-state index in [1.807, 2.05) is 24.0 Å². The summed E-state index contributed by atoms with van der Waals surface area (Å²) in [6.45, 7) is 2.93. The van der Waals surface area contributed by atoms with Gasteiger partial charge in [-0.05, 0) is 61.8 Å². The van der Waals surface area contributed by atoms with E-state index in [-0.39, 0.29) is 23.3 Å². The molecule has 0 bridgehead atoms. The number of nitrogens with zero attached hydrogens (tertiary/aromatic N) is 1. The van der Waals surface area contributed by atoms with Gasteiger partial charge in [0, 0.05) is 24.5 Å². The Labute approximate surface area is 187 Å². The minimum Gasteiger partial charge on any atom is -0.342 e. The Kier molecular flexibility index (Phi) is 6.11. The van der Waals surface area contributed by atoms with Crippen molar-refractivity contribution in [2.24, 2.45) is 5.92 Å².